The average molecular weight is 145 g/mol. The van der Waals surface area contributed by atoms with Gasteiger partial charge in [0, 0.05) is 6.20 Å². The Morgan fingerprint density at radius 2 is 2.45 bits per heavy atom. The summed E-state index contributed by atoms with van der Waals surface area (Å²) in [6, 6.07) is 5.42. The van der Waals surface area contributed by atoms with Crippen molar-refractivity contribution in [2.75, 3.05) is 0 Å². The quantitative estimate of drug-likeness (QED) is 0.638. The van der Waals surface area contributed by atoms with E-state index >= 15 is 0 Å². The molecule has 1 rings (SSSR count). The number of hydrogen-bond donors (Lipinski definition) is 1. The monoisotopic (exact) mass is 145 g/mol. The summed E-state index contributed by atoms with van der Waals surface area (Å²) < 4.78 is 0. The van der Waals surface area contributed by atoms with Gasteiger partial charge < -0.3 is 5.73 Å². The summed E-state index contributed by atoms with van der Waals surface area (Å²) in [7, 11) is 0. The number of pyridine rings is 1. The molecule has 0 atom stereocenters. The van der Waals surface area contributed by atoms with Gasteiger partial charge in [-0.3, -0.25) is 4.98 Å². The maximum atomic E-state index is 8.58. The molecule has 1 aromatic heterocycles. The van der Waals surface area contributed by atoms with Gasteiger partial charge in [-0.25, -0.2) is 0 Å². The van der Waals surface area contributed by atoms with Crippen molar-refractivity contribution in [1.82, 2.24) is 4.98 Å². The molecule has 11 heavy (non-hydrogen) atoms. The molecule has 0 aliphatic carbocycles. The van der Waals surface area contributed by atoms with Crippen LogP contribution in [0, 0.1) is 11.3 Å². The van der Waals surface area contributed by atoms with Crippen LogP contribution in [-0.4, -0.2) is 4.98 Å². The fourth-order valence-corrected chi connectivity index (χ4v) is 0.736. The maximum absolute atomic E-state index is 8.58. The normalized spacial score (nSPS) is 9.73. The van der Waals surface area contributed by atoms with Crippen LogP contribution in [0.2, 0.25) is 0 Å². The van der Waals surface area contributed by atoms with E-state index in [1.54, 1.807) is 24.4 Å². The Morgan fingerprint density at radius 3 is 3.09 bits per heavy atom. The van der Waals surface area contributed by atoms with Crippen LogP contribution in [0.5, 0.6) is 0 Å². The third-order valence-electron chi connectivity index (χ3n) is 1.21. The molecule has 0 saturated carbocycles. The van der Waals surface area contributed by atoms with E-state index in [-0.39, 0.29) is 0 Å². The number of aromatic nitrogens is 1. The first-order valence-corrected chi connectivity index (χ1v) is 3.12. The van der Waals surface area contributed by atoms with Gasteiger partial charge in [0.05, 0.1) is 11.3 Å². The van der Waals surface area contributed by atoms with Gasteiger partial charge in [0.15, 0.2) is 0 Å². The Kier molecular flexibility index (Phi) is 2.24. The molecule has 3 heteroatoms. The van der Waals surface area contributed by atoms with E-state index in [0.717, 1.165) is 0 Å². The zero-order valence-electron chi connectivity index (χ0n) is 5.86. The lowest BCUT2D eigenvalue weighted by Crippen LogP contribution is -1.87. The predicted octanol–water partition coefficient (Wildman–Crippen LogP) is 0.883. The van der Waals surface area contributed by atoms with Gasteiger partial charge in [-0.2, -0.15) is 5.26 Å². The van der Waals surface area contributed by atoms with Crippen LogP contribution in [0.15, 0.2) is 24.5 Å². The predicted molar refractivity (Wildman–Crippen MR) is 42.2 cm³/mol. The van der Waals surface area contributed by atoms with Crippen molar-refractivity contribution < 1.29 is 0 Å². The number of nitrogens with two attached hydrogens (primary N) is 1. The van der Waals surface area contributed by atoms with E-state index in [4.69, 9.17) is 11.0 Å². The molecule has 0 saturated heterocycles. The molecule has 3 nitrogen and oxygen atoms in total. The Balaban J connectivity index is 3.15. The minimum atomic E-state index is 0.536. The third-order valence-corrected chi connectivity index (χ3v) is 1.21. The highest BCUT2D eigenvalue weighted by atomic mass is 14.7. The Labute approximate surface area is 64.8 Å². The topological polar surface area (TPSA) is 62.7 Å². The molecule has 0 bridgehead atoms. The first-order chi connectivity index (χ1) is 5.38. The standard InChI is InChI=1S/C8H7N3/c9-4-3-8-7(6-10)2-1-5-11-8/h1-5H,9H2. The second kappa shape index (κ2) is 3.37. The van der Waals surface area contributed by atoms with Gasteiger partial charge in [-0.15, -0.1) is 0 Å². The molecule has 0 aromatic carbocycles. The summed E-state index contributed by atoms with van der Waals surface area (Å²) in [5.74, 6) is 0. The molecule has 1 heterocycles. The van der Waals surface area contributed by atoms with Crippen molar-refractivity contribution in [1.29, 1.82) is 5.26 Å². The second-order valence-electron chi connectivity index (χ2n) is 1.91. The van der Waals surface area contributed by atoms with E-state index in [2.05, 4.69) is 4.98 Å². The second-order valence-corrected chi connectivity index (χ2v) is 1.91. The molecule has 54 valence electrons. The van der Waals surface area contributed by atoms with Gasteiger partial charge in [0.1, 0.15) is 6.07 Å². The summed E-state index contributed by atoms with van der Waals surface area (Å²) in [4.78, 5) is 3.95. The molecular weight excluding hydrogens is 138 g/mol. The van der Waals surface area contributed by atoms with Crippen molar-refractivity contribution in [2.45, 2.75) is 0 Å². The Hall–Kier alpha value is -1.82. The zero-order chi connectivity index (χ0) is 8.10. The first kappa shape index (κ1) is 7.29. The van der Waals surface area contributed by atoms with Gasteiger partial charge in [0.25, 0.3) is 0 Å². The average Bonchev–Trinajstić information content (AvgIpc) is 2.06. The van der Waals surface area contributed by atoms with Crippen LogP contribution in [0.3, 0.4) is 0 Å². The van der Waals surface area contributed by atoms with E-state index in [0.29, 0.717) is 11.3 Å². The highest BCUT2D eigenvalue weighted by Gasteiger charge is 1.95. The Morgan fingerprint density at radius 1 is 1.64 bits per heavy atom. The number of rotatable bonds is 1. The van der Waals surface area contributed by atoms with Crippen molar-refractivity contribution in [2.24, 2.45) is 5.73 Å². The molecule has 0 spiro atoms. The summed E-state index contributed by atoms with van der Waals surface area (Å²) in [6.45, 7) is 0. The summed E-state index contributed by atoms with van der Waals surface area (Å²) >= 11 is 0. The molecule has 0 aliphatic heterocycles. The van der Waals surface area contributed by atoms with Gasteiger partial charge >= 0.3 is 0 Å². The van der Waals surface area contributed by atoms with E-state index in [1.165, 1.54) is 6.20 Å². The first-order valence-electron chi connectivity index (χ1n) is 3.12. The molecule has 0 radical (unpaired) electrons. The molecule has 2 N–H and O–H groups in total. The Bertz CT molecular complexity index is 309. The lowest BCUT2D eigenvalue weighted by molar-refractivity contribution is 1.27. The van der Waals surface area contributed by atoms with E-state index in [1.807, 2.05) is 6.07 Å². The van der Waals surface area contributed by atoms with Crippen LogP contribution in [-0.2, 0) is 0 Å². The SMILES string of the molecule is N#Cc1cccnc1C=CN. The highest BCUT2D eigenvalue weighted by molar-refractivity contribution is 5.52. The number of nitrogens with zero attached hydrogens (tertiary/aromatic N) is 2. The smallest absolute Gasteiger partial charge is 0.101 e. The van der Waals surface area contributed by atoms with Crippen LogP contribution < -0.4 is 5.73 Å². The highest BCUT2D eigenvalue weighted by Crippen LogP contribution is 2.03. The van der Waals surface area contributed by atoms with Crippen molar-refractivity contribution >= 4 is 6.08 Å². The lowest BCUT2D eigenvalue weighted by atomic mass is 10.2. The molecule has 0 amide bonds. The van der Waals surface area contributed by atoms with Gasteiger partial charge in [-0.05, 0) is 24.4 Å². The van der Waals surface area contributed by atoms with Crippen molar-refractivity contribution in [3.63, 3.8) is 0 Å². The number of nitriles is 1. The third kappa shape index (κ3) is 1.55. The zero-order valence-corrected chi connectivity index (χ0v) is 5.86. The summed E-state index contributed by atoms with van der Waals surface area (Å²) in [5.41, 5.74) is 6.30. The van der Waals surface area contributed by atoms with Crippen LogP contribution >= 0.6 is 0 Å². The summed E-state index contributed by atoms with van der Waals surface area (Å²) in [5, 5.41) is 8.58. The molecule has 0 aliphatic rings. The number of hydrogen-bond acceptors (Lipinski definition) is 3. The largest absolute Gasteiger partial charge is 0.405 e. The fourth-order valence-electron chi connectivity index (χ4n) is 0.736. The van der Waals surface area contributed by atoms with Gasteiger partial charge in [-0.1, -0.05) is 0 Å². The maximum Gasteiger partial charge on any atom is 0.101 e. The van der Waals surface area contributed by atoms with E-state index < -0.39 is 0 Å². The van der Waals surface area contributed by atoms with Crippen LogP contribution in [0.25, 0.3) is 6.08 Å². The van der Waals surface area contributed by atoms with E-state index in [9.17, 15) is 0 Å². The fraction of sp³-hybridized carbons (Fsp3) is 0. The van der Waals surface area contributed by atoms with Crippen molar-refractivity contribution in [3.8, 4) is 6.07 Å². The molecular formula is C8H7N3. The molecule has 0 fully saturated rings. The van der Waals surface area contributed by atoms with Crippen LogP contribution in [0.1, 0.15) is 11.3 Å². The van der Waals surface area contributed by atoms with Crippen molar-refractivity contribution in [3.05, 3.63) is 35.8 Å². The summed E-state index contributed by atoms with van der Waals surface area (Å²) in [6.07, 6.45) is 4.58. The minimum absolute atomic E-state index is 0.536. The van der Waals surface area contributed by atoms with Crippen LogP contribution in [0.4, 0.5) is 0 Å². The molecule has 0 unspecified atom stereocenters. The van der Waals surface area contributed by atoms with Gasteiger partial charge in [0.2, 0.25) is 0 Å². The molecule has 1 aromatic rings. The lowest BCUT2D eigenvalue weighted by Gasteiger charge is -1.92. The minimum Gasteiger partial charge on any atom is -0.405 e.